The van der Waals surface area contributed by atoms with Crippen molar-refractivity contribution in [1.29, 1.82) is 0 Å². The van der Waals surface area contributed by atoms with Crippen molar-refractivity contribution in [2.75, 3.05) is 84.5 Å². The van der Waals surface area contributed by atoms with E-state index < -0.39 is 9.85 Å². The molecule has 0 saturated carbocycles. The number of hydrogen-bond donors (Lipinski definition) is 1. The average molecular weight is 560 g/mol. The molecule has 14 nitrogen and oxygen atoms in total. The molecule has 0 atom stereocenters. The molecule has 0 radical (unpaired) electrons. The number of esters is 1. The number of carbonyl (C=O) groups excluding carboxylic acids is 1. The Balaban J connectivity index is 1.85. The molecule has 14 heteroatoms. The Morgan fingerprint density at radius 3 is 1.79 bits per heavy atom. The molecular formula is C25H41N3O11. The van der Waals surface area contributed by atoms with E-state index in [-0.39, 0.29) is 36.2 Å². The van der Waals surface area contributed by atoms with Gasteiger partial charge in [-0.15, -0.1) is 0 Å². The van der Waals surface area contributed by atoms with Crippen LogP contribution in [0.25, 0.3) is 0 Å². The fraction of sp³-hybridized carbons (Fsp3) is 0.720. The van der Waals surface area contributed by atoms with Crippen molar-refractivity contribution in [3.63, 3.8) is 0 Å². The second kappa shape index (κ2) is 23.0. The average Bonchev–Trinajstić information content (AvgIpc) is 2.92. The van der Waals surface area contributed by atoms with Crippen LogP contribution in [0.3, 0.4) is 0 Å². The zero-order valence-corrected chi connectivity index (χ0v) is 22.6. The van der Waals surface area contributed by atoms with Crippen LogP contribution in [-0.4, -0.2) is 95.0 Å². The predicted molar refractivity (Wildman–Crippen MR) is 142 cm³/mol. The first-order valence-corrected chi connectivity index (χ1v) is 13.2. The Hall–Kier alpha value is -2.91. The third-order valence-corrected chi connectivity index (χ3v) is 5.16. The lowest BCUT2D eigenvalue weighted by atomic mass is 10.2. The van der Waals surface area contributed by atoms with E-state index >= 15 is 0 Å². The zero-order chi connectivity index (χ0) is 28.6. The van der Waals surface area contributed by atoms with Crippen LogP contribution >= 0.6 is 0 Å². The number of hydrogen-bond acceptors (Lipinski definition) is 12. The zero-order valence-electron chi connectivity index (χ0n) is 22.6. The van der Waals surface area contributed by atoms with Gasteiger partial charge in [-0.25, -0.2) is 0 Å². The SMILES string of the molecule is CCCCCCC(=O)OCCOCCOCCOCCOCCOCCNc1ccc([N+](=O)[O-])cc1[N+](=O)[O-]. The number of benzene rings is 1. The molecule has 0 saturated heterocycles. The summed E-state index contributed by atoms with van der Waals surface area (Å²) in [6.45, 7) is 6.51. The summed E-state index contributed by atoms with van der Waals surface area (Å²) in [5.74, 6) is -0.177. The molecule has 1 rings (SSSR count). The molecule has 1 N–H and O–H groups in total. The van der Waals surface area contributed by atoms with E-state index in [4.69, 9.17) is 28.4 Å². The van der Waals surface area contributed by atoms with Crippen molar-refractivity contribution in [2.24, 2.45) is 0 Å². The number of nitro groups is 2. The molecule has 1 aromatic carbocycles. The quantitative estimate of drug-likeness (QED) is 0.0759. The van der Waals surface area contributed by atoms with E-state index in [0.717, 1.165) is 31.7 Å². The molecule has 0 amide bonds. The first-order chi connectivity index (χ1) is 19.0. The Morgan fingerprint density at radius 2 is 1.28 bits per heavy atom. The maximum Gasteiger partial charge on any atom is 0.305 e. The third-order valence-electron chi connectivity index (χ3n) is 5.16. The minimum Gasteiger partial charge on any atom is -0.463 e. The van der Waals surface area contributed by atoms with Crippen LogP contribution in [0, 0.1) is 20.2 Å². The second-order valence-electron chi connectivity index (χ2n) is 8.24. The van der Waals surface area contributed by atoms with E-state index in [1.165, 1.54) is 12.1 Å². The third kappa shape index (κ3) is 18.1. The van der Waals surface area contributed by atoms with Gasteiger partial charge in [-0.1, -0.05) is 26.2 Å². The van der Waals surface area contributed by atoms with Gasteiger partial charge in [0.05, 0.1) is 82.0 Å². The van der Waals surface area contributed by atoms with Gasteiger partial charge in [0, 0.05) is 19.0 Å². The molecule has 39 heavy (non-hydrogen) atoms. The van der Waals surface area contributed by atoms with Crippen LogP contribution in [0.5, 0.6) is 0 Å². The minimum atomic E-state index is -0.683. The first kappa shape index (κ1) is 34.1. The second-order valence-corrected chi connectivity index (χ2v) is 8.24. The van der Waals surface area contributed by atoms with Gasteiger partial charge in [-0.05, 0) is 12.5 Å². The van der Waals surface area contributed by atoms with E-state index in [1.54, 1.807) is 0 Å². The Labute approximate surface area is 228 Å². The number of nitrogens with one attached hydrogen (secondary N) is 1. The van der Waals surface area contributed by atoms with Gasteiger partial charge in [0.2, 0.25) is 0 Å². The van der Waals surface area contributed by atoms with Crippen molar-refractivity contribution < 1.29 is 43.1 Å². The molecule has 0 spiro atoms. The number of ether oxygens (including phenoxy) is 6. The largest absolute Gasteiger partial charge is 0.463 e. The molecule has 0 unspecified atom stereocenters. The van der Waals surface area contributed by atoms with Gasteiger partial charge >= 0.3 is 5.97 Å². The summed E-state index contributed by atoms with van der Waals surface area (Å²) in [6.07, 6.45) is 4.66. The predicted octanol–water partition coefficient (Wildman–Crippen LogP) is 3.51. The summed E-state index contributed by atoms with van der Waals surface area (Å²) >= 11 is 0. The summed E-state index contributed by atoms with van der Waals surface area (Å²) in [5, 5.41) is 24.7. The number of rotatable bonds is 26. The van der Waals surface area contributed by atoms with Gasteiger partial charge in [-0.3, -0.25) is 25.0 Å². The molecule has 0 aliphatic carbocycles. The molecule has 0 aromatic heterocycles. The number of unbranched alkanes of at least 4 members (excludes halogenated alkanes) is 3. The number of nitrogens with zero attached hydrogens (tertiary/aromatic N) is 2. The molecule has 1 aromatic rings. The highest BCUT2D eigenvalue weighted by Gasteiger charge is 2.19. The van der Waals surface area contributed by atoms with Crippen LogP contribution in [0.4, 0.5) is 17.1 Å². The van der Waals surface area contributed by atoms with Crippen LogP contribution in [0.15, 0.2) is 18.2 Å². The van der Waals surface area contributed by atoms with Gasteiger partial charge in [0.1, 0.15) is 12.3 Å². The number of nitro benzene ring substituents is 2. The van der Waals surface area contributed by atoms with Crippen molar-refractivity contribution in [1.82, 2.24) is 0 Å². The van der Waals surface area contributed by atoms with Gasteiger partial charge in [0.25, 0.3) is 11.4 Å². The Bertz CT molecular complexity index is 826. The summed E-state index contributed by atoms with van der Waals surface area (Å²) in [6, 6.07) is 3.42. The van der Waals surface area contributed by atoms with Gasteiger partial charge in [-0.2, -0.15) is 0 Å². The van der Waals surface area contributed by atoms with Crippen molar-refractivity contribution in [3.8, 4) is 0 Å². The van der Waals surface area contributed by atoms with Crippen molar-refractivity contribution in [2.45, 2.75) is 39.0 Å². The molecule has 0 heterocycles. The molecule has 0 fully saturated rings. The van der Waals surface area contributed by atoms with E-state index in [0.29, 0.717) is 72.4 Å². The molecule has 0 aliphatic rings. The van der Waals surface area contributed by atoms with E-state index in [1.807, 2.05) is 0 Å². The van der Waals surface area contributed by atoms with E-state index in [2.05, 4.69) is 12.2 Å². The molecule has 0 bridgehead atoms. The smallest absolute Gasteiger partial charge is 0.305 e. The van der Waals surface area contributed by atoms with Crippen LogP contribution in [-0.2, 0) is 33.2 Å². The standard InChI is InChI=1S/C25H41N3O11/c1-2-3-4-5-6-25(29)39-20-19-38-18-17-37-16-15-36-14-13-35-12-11-34-10-9-26-23-8-7-22(27(30)31)21-24(23)28(32)33/h7-8,21,26H,2-6,9-20H2,1H3. The van der Waals surface area contributed by atoms with E-state index in [9.17, 15) is 25.0 Å². The summed E-state index contributed by atoms with van der Waals surface area (Å²) in [5.41, 5.74) is -0.526. The Morgan fingerprint density at radius 1 is 0.744 bits per heavy atom. The monoisotopic (exact) mass is 559 g/mol. The highest BCUT2D eigenvalue weighted by Crippen LogP contribution is 2.28. The number of non-ortho nitro benzene ring substituents is 1. The van der Waals surface area contributed by atoms with Crippen LogP contribution in [0.2, 0.25) is 0 Å². The number of carbonyl (C=O) groups is 1. The van der Waals surface area contributed by atoms with Gasteiger partial charge in [0.15, 0.2) is 0 Å². The fourth-order valence-corrected chi connectivity index (χ4v) is 3.16. The molecule has 222 valence electrons. The Kier molecular flexibility index (Phi) is 20.1. The topological polar surface area (TPSA) is 171 Å². The minimum absolute atomic E-state index is 0.177. The maximum absolute atomic E-state index is 11.5. The summed E-state index contributed by atoms with van der Waals surface area (Å²) in [4.78, 5) is 32.0. The van der Waals surface area contributed by atoms with Crippen molar-refractivity contribution >= 4 is 23.0 Å². The highest BCUT2D eigenvalue weighted by atomic mass is 16.6. The molecule has 0 aliphatic heterocycles. The summed E-state index contributed by atoms with van der Waals surface area (Å²) in [7, 11) is 0. The van der Waals surface area contributed by atoms with Crippen LogP contribution < -0.4 is 5.32 Å². The lowest BCUT2D eigenvalue weighted by Crippen LogP contribution is -2.15. The highest BCUT2D eigenvalue weighted by molar-refractivity contribution is 5.69. The van der Waals surface area contributed by atoms with Crippen molar-refractivity contribution in [3.05, 3.63) is 38.4 Å². The summed E-state index contributed by atoms with van der Waals surface area (Å²) < 4.78 is 32.0. The fourth-order valence-electron chi connectivity index (χ4n) is 3.16. The number of anilines is 1. The lowest BCUT2D eigenvalue weighted by molar-refractivity contribution is -0.393. The lowest BCUT2D eigenvalue weighted by Gasteiger charge is -2.09. The molecular weight excluding hydrogens is 518 g/mol. The normalized spacial score (nSPS) is 10.9. The van der Waals surface area contributed by atoms with Crippen LogP contribution in [0.1, 0.15) is 39.0 Å². The maximum atomic E-state index is 11.5. The van der Waals surface area contributed by atoms with Gasteiger partial charge < -0.3 is 33.7 Å². The first-order valence-electron chi connectivity index (χ1n) is 13.2.